The van der Waals surface area contributed by atoms with Gasteiger partial charge < -0.3 is 4.79 Å². The third kappa shape index (κ3) is 4.73. The van der Waals surface area contributed by atoms with Gasteiger partial charge in [0.15, 0.2) is 0 Å². The number of carbonyl (C=O) groups is 1. The van der Waals surface area contributed by atoms with E-state index in [4.69, 9.17) is 0 Å². The molecule has 0 saturated carbocycles. The molecule has 0 radical (unpaired) electrons. The molecule has 0 aromatic rings. The van der Waals surface area contributed by atoms with Crippen LogP contribution in [0.15, 0.2) is 0 Å². The van der Waals surface area contributed by atoms with Crippen LogP contribution in [0.5, 0.6) is 0 Å². The third-order valence-electron chi connectivity index (χ3n) is 3.16. The fraction of sp³-hybridized carbons (Fsp3) is 0.917. The standard InChI is InChI=1S/C12H23NO3/c1-5-6-7-8-11(9-10(2)14)12(3,4)13(15)16/h11H,5-9H2,1-4H3/t11-/m0/s1. The monoisotopic (exact) mass is 229 g/mol. The number of carbonyl (C=O) groups excluding carboxylic acids is 1. The van der Waals surface area contributed by atoms with Crippen LogP contribution in [-0.2, 0) is 4.79 Å². The normalized spacial score (nSPS) is 13.5. The topological polar surface area (TPSA) is 60.2 Å². The summed E-state index contributed by atoms with van der Waals surface area (Å²) in [6.07, 6.45) is 4.21. The van der Waals surface area contributed by atoms with Crippen molar-refractivity contribution >= 4 is 5.78 Å². The molecule has 4 heteroatoms. The van der Waals surface area contributed by atoms with Crippen molar-refractivity contribution in [1.82, 2.24) is 0 Å². The lowest BCUT2D eigenvalue weighted by atomic mass is 9.80. The maximum Gasteiger partial charge on any atom is 0.220 e. The Morgan fingerprint density at radius 1 is 1.38 bits per heavy atom. The Labute approximate surface area is 97.6 Å². The number of ketones is 1. The molecule has 0 rings (SSSR count). The van der Waals surface area contributed by atoms with Crippen molar-refractivity contribution in [2.24, 2.45) is 5.92 Å². The highest BCUT2D eigenvalue weighted by molar-refractivity contribution is 5.75. The number of nitro groups is 1. The Morgan fingerprint density at radius 2 is 1.94 bits per heavy atom. The molecule has 0 amide bonds. The van der Waals surface area contributed by atoms with Gasteiger partial charge in [-0.1, -0.05) is 26.2 Å². The van der Waals surface area contributed by atoms with E-state index in [1.54, 1.807) is 13.8 Å². The first-order valence-corrected chi connectivity index (χ1v) is 5.96. The minimum absolute atomic E-state index is 0.0384. The Hall–Kier alpha value is -0.930. The van der Waals surface area contributed by atoms with Crippen molar-refractivity contribution in [2.75, 3.05) is 0 Å². The van der Waals surface area contributed by atoms with Crippen LogP contribution in [0.2, 0.25) is 0 Å². The van der Waals surface area contributed by atoms with Gasteiger partial charge in [-0.15, -0.1) is 0 Å². The van der Waals surface area contributed by atoms with Crippen LogP contribution in [0, 0.1) is 16.0 Å². The number of Topliss-reactive ketones (excluding diaryl/α,β-unsaturated/α-hetero) is 1. The average Bonchev–Trinajstić information content (AvgIpc) is 2.15. The summed E-state index contributed by atoms with van der Waals surface area (Å²) in [6, 6.07) is 0. The first-order chi connectivity index (χ1) is 7.32. The molecule has 0 fully saturated rings. The van der Waals surface area contributed by atoms with E-state index in [1.165, 1.54) is 6.92 Å². The molecule has 0 aliphatic rings. The van der Waals surface area contributed by atoms with Crippen LogP contribution < -0.4 is 0 Å². The number of hydrogen-bond donors (Lipinski definition) is 0. The Morgan fingerprint density at radius 3 is 2.31 bits per heavy atom. The van der Waals surface area contributed by atoms with Crippen molar-refractivity contribution in [3.63, 3.8) is 0 Å². The largest absolute Gasteiger partial charge is 0.300 e. The van der Waals surface area contributed by atoms with Gasteiger partial charge in [0, 0.05) is 31.1 Å². The lowest BCUT2D eigenvalue weighted by Crippen LogP contribution is -2.40. The maximum absolute atomic E-state index is 11.1. The van der Waals surface area contributed by atoms with Gasteiger partial charge in [0.25, 0.3) is 0 Å². The summed E-state index contributed by atoms with van der Waals surface area (Å²) >= 11 is 0. The third-order valence-corrected chi connectivity index (χ3v) is 3.16. The van der Waals surface area contributed by atoms with Crippen LogP contribution in [0.25, 0.3) is 0 Å². The fourth-order valence-electron chi connectivity index (χ4n) is 1.84. The zero-order valence-electron chi connectivity index (χ0n) is 10.8. The van der Waals surface area contributed by atoms with Crippen LogP contribution in [-0.4, -0.2) is 16.2 Å². The van der Waals surface area contributed by atoms with Crippen LogP contribution in [0.1, 0.15) is 59.8 Å². The summed E-state index contributed by atoms with van der Waals surface area (Å²) in [5.74, 6) is -0.108. The summed E-state index contributed by atoms with van der Waals surface area (Å²) in [4.78, 5) is 21.8. The van der Waals surface area contributed by atoms with E-state index < -0.39 is 5.54 Å². The van der Waals surface area contributed by atoms with Gasteiger partial charge in [-0.05, 0) is 13.3 Å². The molecule has 0 aliphatic carbocycles. The predicted octanol–water partition coefficient (Wildman–Crippen LogP) is 3.22. The molecular weight excluding hydrogens is 206 g/mol. The molecule has 0 aromatic carbocycles. The van der Waals surface area contributed by atoms with E-state index in [0.717, 1.165) is 25.7 Å². The molecule has 0 bridgehead atoms. The highest BCUT2D eigenvalue weighted by Crippen LogP contribution is 2.29. The van der Waals surface area contributed by atoms with Crippen molar-refractivity contribution in [3.8, 4) is 0 Å². The zero-order valence-corrected chi connectivity index (χ0v) is 10.8. The van der Waals surface area contributed by atoms with Crippen LogP contribution in [0.3, 0.4) is 0 Å². The molecule has 0 heterocycles. The van der Waals surface area contributed by atoms with E-state index in [0.29, 0.717) is 6.42 Å². The van der Waals surface area contributed by atoms with Gasteiger partial charge in [0.2, 0.25) is 5.54 Å². The van der Waals surface area contributed by atoms with Gasteiger partial charge in [0.05, 0.1) is 0 Å². The van der Waals surface area contributed by atoms with Crippen LogP contribution in [0.4, 0.5) is 0 Å². The lowest BCUT2D eigenvalue weighted by molar-refractivity contribution is -0.571. The molecule has 0 spiro atoms. The summed E-state index contributed by atoms with van der Waals surface area (Å²) in [7, 11) is 0. The molecule has 0 unspecified atom stereocenters. The summed E-state index contributed by atoms with van der Waals surface area (Å²) < 4.78 is 0. The van der Waals surface area contributed by atoms with E-state index >= 15 is 0 Å². The lowest BCUT2D eigenvalue weighted by Gasteiger charge is -2.26. The molecule has 1 atom stereocenters. The van der Waals surface area contributed by atoms with Crippen LogP contribution >= 0.6 is 0 Å². The number of unbranched alkanes of at least 4 members (excludes halogenated alkanes) is 2. The molecular formula is C12H23NO3. The first-order valence-electron chi connectivity index (χ1n) is 5.96. The van der Waals surface area contributed by atoms with E-state index in [2.05, 4.69) is 6.92 Å². The Bertz CT molecular complexity index is 249. The number of rotatable bonds is 8. The molecule has 94 valence electrons. The van der Waals surface area contributed by atoms with Crippen molar-refractivity contribution in [1.29, 1.82) is 0 Å². The average molecular weight is 229 g/mol. The van der Waals surface area contributed by atoms with Crippen molar-refractivity contribution in [2.45, 2.75) is 65.3 Å². The van der Waals surface area contributed by atoms with Crippen molar-refractivity contribution in [3.05, 3.63) is 10.1 Å². The Balaban J connectivity index is 4.52. The molecule has 16 heavy (non-hydrogen) atoms. The molecule has 0 aliphatic heterocycles. The molecule has 0 aromatic heterocycles. The molecule has 4 nitrogen and oxygen atoms in total. The van der Waals surface area contributed by atoms with E-state index in [-0.39, 0.29) is 16.6 Å². The van der Waals surface area contributed by atoms with Crippen molar-refractivity contribution < 1.29 is 9.72 Å². The SMILES string of the molecule is CCCCC[C@@H](CC(C)=O)C(C)(C)[N+](=O)[O-]. The second-order valence-electron chi connectivity index (χ2n) is 5.01. The minimum atomic E-state index is -1.00. The smallest absolute Gasteiger partial charge is 0.220 e. The van der Waals surface area contributed by atoms with Gasteiger partial charge in [-0.25, -0.2) is 0 Å². The van der Waals surface area contributed by atoms with Gasteiger partial charge in [-0.3, -0.25) is 10.1 Å². The predicted molar refractivity (Wildman–Crippen MR) is 64.0 cm³/mol. The second-order valence-corrected chi connectivity index (χ2v) is 5.01. The second kappa shape index (κ2) is 6.61. The summed E-state index contributed by atoms with van der Waals surface area (Å²) in [5.41, 5.74) is -1.00. The summed E-state index contributed by atoms with van der Waals surface area (Å²) in [5, 5.41) is 11.0. The van der Waals surface area contributed by atoms with E-state index in [9.17, 15) is 14.9 Å². The van der Waals surface area contributed by atoms with Gasteiger partial charge in [-0.2, -0.15) is 0 Å². The number of nitrogens with zero attached hydrogens (tertiary/aromatic N) is 1. The number of hydrogen-bond acceptors (Lipinski definition) is 3. The highest BCUT2D eigenvalue weighted by Gasteiger charge is 2.40. The highest BCUT2D eigenvalue weighted by atomic mass is 16.6. The Kier molecular flexibility index (Phi) is 6.22. The van der Waals surface area contributed by atoms with E-state index in [1.807, 2.05) is 0 Å². The quantitative estimate of drug-likeness (QED) is 0.365. The summed E-state index contributed by atoms with van der Waals surface area (Å²) in [6.45, 7) is 6.83. The zero-order chi connectivity index (χ0) is 12.8. The van der Waals surface area contributed by atoms with Gasteiger partial charge >= 0.3 is 0 Å². The van der Waals surface area contributed by atoms with Gasteiger partial charge in [0.1, 0.15) is 5.78 Å². The molecule has 0 saturated heterocycles. The maximum atomic E-state index is 11.1. The fourth-order valence-corrected chi connectivity index (χ4v) is 1.84. The minimum Gasteiger partial charge on any atom is -0.300 e. The first kappa shape index (κ1) is 15.1. The molecule has 0 N–H and O–H groups in total.